The number of hydrogen-bond acceptors (Lipinski definition) is 3. The summed E-state index contributed by atoms with van der Waals surface area (Å²) in [7, 11) is -3.56. The van der Waals surface area contributed by atoms with Gasteiger partial charge in [0, 0.05) is 12.7 Å². The van der Waals surface area contributed by atoms with E-state index in [0.29, 0.717) is 6.54 Å². The normalized spacial score (nSPS) is 13.6. The van der Waals surface area contributed by atoms with Gasteiger partial charge in [-0.25, -0.2) is 18.1 Å². The fraction of sp³-hybridized carbons (Fsp3) is 0.500. The summed E-state index contributed by atoms with van der Waals surface area (Å²) >= 11 is 11.3. The number of hydrogen-bond donors (Lipinski definition) is 1. The van der Waals surface area contributed by atoms with Gasteiger partial charge in [-0.1, -0.05) is 43.5 Å². The molecule has 1 aromatic rings. The van der Waals surface area contributed by atoms with Crippen molar-refractivity contribution in [2.24, 2.45) is 5.92 Å². The van der Waals surface area contributed by atoms with Gasteiger partial charge in [-0.05, 0) is 12.0 Å². The summed E-state index contributed by atoms with van der Waals surface area (Å²) in [4.78, 5) is 3.73. The molecule has 0 saturated carbocycles. The highest BCUT2D eigenvalue weighted by atomic mass is 35.5. The summed E-state index contributed by atoms with van der Waals surface area (Å²) in [5.41, 5.74) is 0. The van der Waals surface area contributed by atoms with Gasteiger partial charge in [0.25, 0.3) is 0 Å². The van der Waals surface area contributed by atoms with Crippen LogP contribution in [-0.2, 0) is 10.0 Å². The van der Waals surface area contributed by atoms with Crippen LogP contribution in [0.5, 0.6) is 0 Å². The Kier molecular flexibility index (Phi) is 5.19. The second-order valence-corrected chi connectivity index (χ2v) is 6.34. The minimum Gasteiger partial charge on any atom is -0.242 e. The Morgan fingerprint density at radius 2 is 2.12 bits per heavy atom. The van der Waals surface area contributed by atoms with Crippen LogP contribution in [0.15, 0.2) is 17.2 Å². The van der Waals surface area contributed by atoms with Gasteiger partial charge in [0.1, 0.15) is 10.0 Å². The van der Waals surface area contributed by atoms with Crippen molar-refractivity contribution in [2.45, 2.75) is 25.2 Å². The van der Waals surface area contributed by atoms with Gasteiger partial charge in [-0.2, -0.15) is 0 Å². The van der Waals surface area contributed by atoms with Crippen LogP contribution in [0.1, 0.15) is 20.3 Å². The van der Waals surface area contributed by atoms with Gasteiger partial charge in [-0.3, -0.25) is 0 Å². The molecule has 0 saturated heterocycles. The van der Waals surface area contributed by atoms with Gasteiger partial charge >= 0.3 is 0 Å². The Bertz CT molecular complexity index is 491. The molecule has 17 heavy (non-hydrogen) atoms. The summed E-state index contributed by atoms with van der Waals surface area (Å²) in [6.45, 7) is 4.36. The number of halogens is 2. The summed E-state index contributed by atoms with van der Waals surface area (Å²) in [6, 6.07) is 1.29. The maximum atomic E-state index is 11.9. The lowest BCUT2D eigenvalue weighted by molar-refractivity contribution is 0.528. The molecule has 0 bridgehead atoms. The van der Waals surface area contributed by atoms with Gasteiger partial charge in [0.2, 0.25) is 10.0 Å². The minimum absolute atomic E-state index is 0.0233. The zero-order valence-corrected chi connectivity index (χ0v) is 11.9. The second-order valence-electron chi connectivity index (χ2n) is 3.81. The Morgan fingerprint density at radius 1 is 1.47 bits per heavy atom. The molecule has 1 aromatic heterocycles. The summed E-state index contributed by atoms with van der Waals surface area (Å²) < 4.78 is 26.2. The van der Waals surface area contributed by atoms with Crippen molar-refractivity contribution in [2.75, 3.05) is 6.54 Å². The van der Waals surface area contributed by atoms with Crippen LogP contribution in [-0.4, -0.2) is 19.9 Å². The smallest absolute Gasteiger partial charge is 0.242 e. The number of nitrogens with one attached hydrogen (secondary N) is 1. The van der Waals surface area contributed by atoms with E-state index in [0.717, 1.165) is 6.42 Å². The summed E-state index contributed by atoms with van der Waals surface area (Å²) in [5.74, 6) is 0.278. The van der Waals surface area contributed by atoms with Crippen molar-refractivity contribution >= 4 is 33.2 Å². The highest BCUT2D eigenvalue weighted by molar-refractivity contribution is 7.89. The molecule has 0 spiro atoms. The number of rotatable bonds is 5. The molecule has 0 fully saturated rings. The van der Waals surface area contributed by atoms with Crippen molar-refractivity contribution < 1.29 is 8.42 Å². The topological polar surface area (TPSA) is 59.1 Å². The van der Waals surface area contributed by atoms with Gasteiger partial charge in [0.15, 0.2) is 0 Å². The molecule has 0 radical (unpaired) electrons. The molecular formula is C10H14Cl2N2O2S. The lowest BCUT2D eigenvalue weighted by Gasteiger charge is -2.10. The van der Waals surface area contributed by atoms with Crippen LogP contribution in [0, 0.1) is 5.92 Å². The van der Waals surface area contributed by atoms with E-state index in [-0.39, 0.29) is 21.0 Å². The fourth-order valence-corrected chi connectivity index (χ4v) is 2.50. The zero-order chi connectivity index (χ0) is 13.1. The van der Waals surface area contributed by atoms with Gasteiger partial charge in [0.05, 0.1) is 5.02 Å². The van der Waals surface area contributed by atoms with E-state index in [1.807, 2.05) is 13.8 Å². The van der Waals surface area contributed by atoms with Crippen LogP contribution in [0.25, 0.3) is 0 Å². The number of nitrogens with zero attached hydrogens (tertiary/aromatic N) is 1. The molecule has 0 aliphatic carbocycles. The quantitative estimate of drug-likeness (QED) is 0.850. The average molecular weight is 297 g/mol. The van der Waals surface area contributed by atoms with E-state index in [4.69, 9.17) is 23.2 Å². The number of sulfonamides is 1. The third-order valence-corrected chi connectivity index (χ3v) is 4.48. The molecule has 0 amide bonds. The first-order chi connectivity index (χ1) is 7.86. The van der Waals surface area contributed by atoms with Gasteiger partial charge < -0.3 is 0 Å². The molecule has 1 atom stereocenters. The number of aromatic nitrogens is 1. The van der Waals surface area contributed by atoms with Crippen LogP contribution in [0.3, 0.4) is 0 Å². The monoisotopic (exact) mass is 296 g/mol. The lowest BCUT2D eigenvalue weighted by Crippen LogP contribution is -2.28. The van der Waals surface area contributed by atoms with Crippen molar-refractivity contribution in [3.05, 3.63) is 22.4 Å². The Labute approximate surface area is 111 Å². The second kappa shape index (κ2) is 6.00. The Hall–Kier alpha value is -0.360. The summed E-state index contributed by atoms with van der Waals surface area (Å²) in [5, 5.41) is 0.214. The molecule has 1 unspecified atom stereocenters. The molecule has 1 rings (SSSR count). The van der Waals surface area contributed by atoms with Crippen LogP contribution in [0.2, 0.25) is 10.2 Å². The van der Waals surface area contributed by atoms with Gasteiger partial charge in [-0.15, -0.1) is 0 Å². The predicted octanol–water partition coefficient (Wildman–Crippen LogP) is 2.71. The van der Waals surface area contributed by atoms with Crippen LogP contribution < -0.4 is 4.72 Å². The highest BCUT2D eigenvalue weighted by Gasteiger charge is 2.16. The van der Waals surface area contributed by atoms with Crippen molar-refractivity contribution in [1.82, 2.24) is 9.71 Å². The van der Waals surface area contributed by atoms with E-state index >= 15 is 0 Å². The third-order valence-electron chi connectivity index (χ3n) is 2.40. The van der Waals surface area contributed by atoms with Crippen molar-refractivity contribution in [3.8, 4) is 0 Å². The minimum atomic E-state index is -3.56. The van der Waals surface area contributed by atoms with E-state index in [9.17, 15) is 8.42 Å². The first-order valence-electron chi connectivity index (χ1n) is 5.17. The molecule has 1 heterocycles. The first-order valence-corrected chi connectivity index (χ1v) is 7.41. The van der Waals surface area contributed by atoms with Crippen LogP contribution in [0.4, 0.5) is 0 Å². The molecule has 0 aliphatic heterocycles. The fourth-order valence-electron chi connectivity index (χ4n) is 1.03. The van der Waals surface area contributed by atoms with Crippen molar-refractivity contribution in [3.63, 3.8) is 0 Å². The Balaban J connectivity index is 2.86. The van der Waals surface area contributed by atoms with E-state index in [1.54, 1.807) is 0 Å². The lowest BCUT2D eigenvalue weighted by atomic mass is 10.1. The van der Waals surface area contributed by atoms with E-state index in [1.165, 1.54) is 12.3 Å². The maximum Gasteiger partial charge on any atom is 0.242 e. The third kappa shape index (κ3) is 4.10. The first kappa shape index (κ1) is 14.7. The van der Waals surface area contributed by atoms with E-state index < -0.39 is 10.0 Å². The molecular weight excluding hydrogens is 283 g/mol. The molecule has 7 heteroatoms. The summed E-state index contributed by atoms with van der Waals surface area (Å²) in [6.07, 6.45) is 2.09. The average Bonchev–Trinajstić information content (AvgIpc) is 2.29. The maximum absolute atomic E-state index is 11.9. The molecule has 0 aliphatic rings. The molecule has 0 aromatic carbocycles. The van der Waals surface area contributed by atoms with E-state index in [2.05, 4.69) is 9.71 Å². The van der Waals surface area contributed by atoms with Crippen molar-refractivity contribution in [1.29, 1.82) is 0 Å². The Morgan fingerprint density at radius 3 is 2.65 bits per heavy atom. The standard InChI is InChI=1S/C10H14Cl2N2O2S/c1-3-7(2)5-14-17(15,16)8-4-9(11)10(12)13-6-8/h4,6-7,14H,3,5H2,1-2H3. The van der Waals surface area contributed by atoms with Crippen LogP contribution >= 0.6 is 23.2 Å². The number of pyridine rings is 1. The molecule has 1 N–H and O–H groups in total. The molecule has 4 nitrogen and oxygen atoms in total. The SMILES string of the molecule is CCC(C)CNS(=O)(=O)c1cnc(Cl)c(Cl)c1. The highest BCUT2D eigenvalue weighted by Crippen LogP contribution is 2.22. The molecule has 96 valence electrons. The largest absolute Gasteiger partial charge is 0.242 e. The zero-order valence-electron chi connectivity index (χ0n) is 9.57. The predicted molar refractivity (Wildman–Crippen MR) is 68.9 cm³/mol.